The van der Waals surface area contributed by atoms with Gasteiger partial charge in [-0.3, -0.25) is 4.79 Å². The van der Waals surface area contributed by atoms with Crippen molar-refractivity contribution in [3.63, 3.8) is 0 Å². The lowest BCUT2D eigenvalue weighted by molar-refractivity contribution is -0.880. The van der Waals surface area contributed by atoms with E-state index in [0.717, 1.165) is 36.5 Å². The summed E-state index contributed by atoms with van der Waals surface area (Å²) in [6.07, 6.45) is 8.62. The Kier molecular flexibility index (Phi) is 5.48. The van der Waals surface area contributed by atoms with Gasteiger partial charge < -0.3 is 20.4 Å². The Morgan fingerprint density at radius 3 is 2.20 bits per heavy atom. The Morgan fingerprint density at radius 2 is 1.63 bits per heavy atom. The Bertz CT molecular complexity index is 765. The monoisotopic (exact) mass is 427 g/mol. The molecule has 6 heteroatoms. The SMILES string of the molecule is C[NH+]1CCN(c2ccc(NC(=S)NC(=O)CC34CC5CC(CC(C5)C3)C4)cc2)CC1. The second kappa shape index (κ2) is 8.12. The lowest BCUT2D eigenvalue weighted by Gasteiger charge is -2.56. The van der Waals surface area contributed by atoms with E-state index in [9.17, 15) is 4.79 Å². The highest BCUT2D eigenvalue weighted by Crippen LogP contribution is 2.61. The number of hydrogen-bond acceptors (Lipinski definition) is 3. The molecule has 0 unspecified atom stereocenters. The normalized spacial score (nSPS) is 32.8. The summed E-state index contributed by atoms with van der Waals surface area (Å²) in [5.74, 6) is 2.70. The van der Waals surface area contributed by atoms with Crippen LogP contribution in [-0.2, 0) is 4.79 Å². The van der Waals surface area contributed by atoms with Crippen LogP contribution in [0.2, 0.25) is 0 Å². The van der Waals surface area contributed by atoms with Crippen molar-refractivity contribution in [3.8, 4) is 0 Å². The standard InChI is InChI=1S/C24H34N4OS/c1-27-6-8-28(9-7-27)21-4-2-20(3-5-21)25-23(30)26-22(29)16-24-13-17-10-18(14-24)12-19(11-17)15-24/h2-5,17-19H,6-16H2,1H3,(H2,25,26,29,30)/p+1. The number of hydrogen-bond donors (Lipinski definition) is 3. The minimum atomic E-state index is 0.0889. The molecule has 3 N–H and O–H groups in total. The van der Waals surface area contributed by atoms with Crippen LogP contribution in [0.5, 0.6) is 0 Å². The van der Waals surface area contributed by atoms with E-state index in [1.807, 2.05) is 0 Å². The van der Waals surface area contributed by atoms with Crippen LogP contribution in [0, 0.1) is 23.2 Å². The number of carbonyl (C=O) groups is 1. The Balaban J connectivity index is 1.12. The van der Waals surface area contributed by atoms with Crippen molar-refractivity contribution in [1.82, 2.24) is 5.32 Å². The molecular weight excluding hydrogens is 392 g/mol. The molecule has 0 atom stereocenters. The lowest BCUT2D eigenvalue weighted by Crippen LogP contribution is -3.12. The first-order valence-corrected chi connectivity index (χ1v) is 12.1. The maximum atomic E-state index is 12.8. The van der Waals surface area contributed by atoms with Crippen molar-refractivity contribution in [2.24, 2.45) is 23.2 Å². The molecule has 4 saturated carbocycles. The van der Waals surface area contributed by atoms with Gasteiger partial charge in [0.1, 0.15) is 0 Å². The number of nitrogens with zero attached hydrogens (tertiary/aromatic N) is 1. The summed E-state index contributed by atoms with van der Waals surface area (Å²) in [7, 11) is 2.25. The highest BCUT2D eigenvalue weighted by Gasteiger charge is 2.51. The average molecular weight is 428 g/mol. The summed E-state index contributed by atoms with van der Waals surface area (Å²) in [6, 6.07) is 8.39. The predicted molar refractivity (Wildman–Crippen MR) is 125 cm³/mol. The van der Waals surface area contributed by atoms with Gasteiger partial charge in [0.25, 0.3) is 0 Å². The number of benzene rings is 1. The molecule has 1 aromatic carbocycles. The molecule has 0 spiro atoms. The fraction of sp³-hybridized carbons (Fsp3) is 0.667. The number of nitrogens with one attached hydrogen (secondary N) is 3. The van der Waals surface area contributed by atoms with Crippen LogP contribution in [0.3, 0.4) is 0 Å². The molecule has 5 fully saturated rings. The van der Waals surface area contributed by atoms with Crippen LogP contribution in [-0.4, -0.2) is 44.2 Å². The number of quaternary nitrogens is 1. The molecule has 5 nitrogen and oxygen atoms in total. The number of amides is 1. The first-order valence-electron chi connectivity index (χ1n) is 11.7. The fourth-order valence-corrected chi connectivity index (χ4v) is 7.31. The molecule has 1 saturated heterocycles. The van der Waals surface area contributed by atoms with Gasteiger partial charge in [-0.1, -0.05) is 0 Å². The van der Waals surface area contributed by atoms with Gasteiger partial charge in [0.2, 0.25) is 5.91 Å². The van der Waals surface area contributed by atoms with Crippen molar-refractivity contribution in [2.45, 2.75) is 44.9 Å². The lowest BCUT2D eigenvalue weighted by atomic mass is 9.49. The van der Waals surface area contributed by atoms with E-state index in [1.165, 1.54) is 57.3 Å². The zero-order valence-corrected chi connectivity index (χ0v) is 18.9. The average Bonchev–Trinajstić information content (AvgIpc) is 2.67. The molecular formula is C24H35N4OS+. The molecule has 1 amide bonds. The molecule has 162 valence electrons. The summed E-state index contributed by atoms with van der Waals surface area (Å²) in [5, 5.41) is 6.57. The number of rotatable bonds is 4. The second-order valence-corrected chi connectivity index (χ2v) is 11.0. The van der Waals surface area contributed by atoms with Gasteiger partial charge in [0.05, 0.1) is 33.2 Å². The molecule has 1 aromatic rings. The first-order chi connectivity index (χ1) is 14.5. The summed E-state index contributed by atoms with van der Waals surface area (Å²) in [6.45, 7) is 4.55. The third-order valence-corrected chi connectivity index (χ3v) is 8.27. The van der Waals surface area contributed by atoms with Gasteiger partial charge in [-0.15, -0.1) is 0 Å². The quantitative estimate of drug-likeness (QED) is 0.646. The van der Waals surface area contributed by atoms with E-state index in [1.54, 1.807) is 4.90 Å². The van der Waals surface area contributed by atoms with E-state index in [4.69, 9.17) is 12.2 Å². The van der Waals surface area contributed by atoms with E-state index >= 15 is 0 Å². The molecule has 1 heterocycles. The molecule has 30 heavy (non-hydrogen) atoms. The third-order valence-electron chi connectivity index (χ3n) is 8.06. The fourth-order valence-electron chi connectivity index (χ4n) is 7.08. The molecule has 0 aromatic heterocycles. The van der Waals surface area contributed by atoms with Gasteiger partial charge in [-0.2, -0.15) is 0 Å². The van der Waals surface area contributed by atoms with E-state index < -0.39 is 0 Å². The van der Waals surface area contributed by atoms with Crippen molar-refractivity contribution in [2.75, 3.05) is 43.4 Å². The Labute approximate surface area is 185 Å². The largest absolute Gasteiger partial charge is 0.360 e. The van der Waals surface area contributed by atoms with Crippen molar-refractivity contribution in [1.29, 1.82) is 0 Å². The van der Waals surface area contributed by atoms with Crippen molar-refractivity contribution < 1.29 is 9.69 Å². The Hall–Kier alpha value is -1.66. The number of piperazine rings is 1. The zero-order valence-electron chi connectivity index (χ0n) is 18.1. The zero-order chi connectivity index (χ0) is 20.7. The summed E-state index contributed by atoms with van der Waals surface area (Å²) < 4.78 is 0. The van der Waals surface area contributed by atoms with Gasteiger partial charge in [-0.25, -0.2) is 0 Å². The van der Waals surface area contributed by atoms with Gasteiger partial charge in [-0.05, 0) is 98.2 Å². The van der Waals surface area contributed by atoms with Crippen molar-refractivity contribution in [3.05, 3.63) is 24.3 Å². The van der Waals surface area contributed by atoms with Gasteiger partial charge >= 0.3 is 0 Å². The summed E-state index contributed by atoms with van der Waals surface area (Å²) >= 11 is 5.44. The van der Waals surface area contributed by atoms with Crippen LogP contribution < -0.4 is 20.4 Å². The third kappa shape index (κ3) is 4.35. The molecule has 5 aliphatic rings. The molecule has 0 radical (unpaired) electrons. The van der Waals surface area contributed by atoms with E-state index in [2.05, 4.69) is 46.8 Å². The molecule has 6 rings (SSSR count). The molecule has 1 aliphatic heterocycles. The number of anilines is 2. The van der Waals surface area contributed by atoms with Crippen LogP contribution in [0.1, 0.15) is 44.9 Å². The second-order valence-electron chi connectivity index (χ2n) is 10.6. The number of likely N-dealkylation sites (N-methyl/N-ethyl adjacent to an activating group) is 1. The van der Waals surface area contributed by atoms with Crippen LogP contribution >= 0.6 is 12.2 Å². The number of thiocarbonyl (C=S) groups is 1. The number of carbonyl (C=O) groups excluding carboxylic acids is 1. The van der Waals surface area contributed by atoms with E-state index in [0.29, 0.717) is 11.5 Å². The predicted octanol–water partition coefficient (Wildman–Crippen LogP) is 2.44. The maximum absolute atomic E-state index is 12.8. The minimum Gasteiger partial charge on any atom is -0.360 e. The van der Waals surface area contributed by atoms with Crippen LogP contribution in [0.25, 0.3) is 0 Å². The van der Waals surface area contributed by atoms with Crippen LogP contribution in [0.4, 0.5) is 11.4 Å². The summed E-state index contributed by atoms with van der Waals surface area (Å²) in [4.78, 5) is 16.8. The first kappa shape index (κ1) is 20.3. The topological polar surface area (TPSA) is 48.8 Å². The minimum absolute atomic E-state index is 0.0889. The van der Waals surface area contributed by atoms with E-state index in [-0.39, 0.29) is 11.3 Å². The van der Waals surface area contributed by atoms with Crippen LogP contribution in [0.15, 0.2) is 24.3 Å². The molecule has 4 aliphatic carbocycles. The van der Waals surface area contributed by atoms with Gasteiger partial charge in [0, 0.05) is 17.8 Å². The smallest absolute Gasteiger partial charge is 0.226 e. The Morgan fingerprint density at radius 1 is 1.07 bits per heavy atom. The highest BCUT2D eigenvalue weighted by molar-refractivity contribution is 7.80. The van der Waals surface area contributed by atoms with Crippen molar-refractivity contribution >= 4 is 34.6 Å². The summed E-state index contributed by atoms with van der Waals surface area (Å²) in [5.41, 5.74) is 2.43. The maximum Gasteiger partial charge on any atom is 0.226 e. The van der Waals surface area contributed by atoms with Gasteiger partial charge in [0.15, 0.2) is 5.11 Å². The highest BCUT2D eigenvalue weighted by atomic mass is 32.1. The molecule has 4 bridgehead atoms.